The summed E-state index contributed by atoms with van der Waals surface area (Å²) in [4.78, 5) is 23.7. The number of anilines is 2. The average Bonchev–Trinajstić information content (AvgIpc) is 2.53. The normalized spacial score (nSPS) is 10.4. The van der Waals surface area contributed by atoms with Crippen molar-refractivity contribution in [2.45, 2.75) is 33.2 Å². The monoisotopic (exact) mass is 339 g/mol. The van der Waals surface area contributed by atoms with E-state index < -0.39 is 0 Å². The van der Waals surface area contributed by atoms with Crippen molar-refractivity contribution in [3.8, 4) is 0 Å². The fraction of sp³-hybridized carbons (Fsp3) is 0.300. The van der Waals surface area contributed by atoms with Crippen molar-refractivity contribution >= 4 is 23.2 Å². The van der Waals surface area contributed by atoms with E-state index in [9.17, 15) is 9.59 Å². The summed E-state index contributed by atoms with van der Waals surface area (Å²) in [6, 6.07) is 15.3. The highest BCUT2D eigenvalue weighted by Gasteiger charge is 2.06. The number of nitrogens with one attached hydrogen (secondary N) is 3. The van der Waals surface area contributed by atoms with E-state index in [1.165, 1.54) is 0 Å². The first-order valence-electron chi connectivity index (χ1n) is 8.41. The molecular formula is C20H25N3O2. The Bertz CT molecular complexity index is 724. The van der Waals surface area contributed by atoms with Gasteiger partial charge in [-0.25, -0.2) is 0 Å². The molecule has 25 heavy (non-hydrogen) atoms. The van der Waals surface area contributed by atoms with E-state index in [1.54, 1.807) is 0 Å². The number of hydrogen-bond acceptors (Lipinski definition) is 3. The molecule has 0 atom stereocenters. The summed E-state index contributed by atoms with van der Waals surface area (Å²) in [7, 11) is 0. The Balaban J connectivity index is 1.81. The van der Waals surface area contributed by atoms with E-state index in [0.717, 1.165) is 22.5 Å². The van der Waals surface area contributed by atoms with Crippen LogP contribution in [0.5, 0.6) is 0 Å². The lowest BCUT2D eigenvalue weighted by Crippen LogP contribution is -2.31. The topological polar surface area (TPSA) is 70.2 Å². The molecule has 3 N–H and O–H groups in total. The van der Waals surface area contributed by atoms with Gasteiger partial charge in [0, 0.05) is 17.4 Å². The van der Waals surface area contributed by atoms with Gasteiger partial charge in [-0.05, 0) is 56.2 Å². The number of amides is 2. The minimum atomic E-state index is -0.106. The molecule has 0 radical (unpaired) electrons. The average molecular weight is 339 g/mol. The van der Waals surface area contributed by atoms with E-state index in [4.69, 9.17) is 0 Å². The van der Waals surface area contributed by atoms with Crippen molar-refractivity contribution < 1.29 is 9.59 Å². The van der Waals surface area contributed by atoms with Crippen LogP contribution in [0.15, 0.2) is 48.5 Å². The van der Waals surface area contributed by atoms with Gasteiger partial charge in [0.1, 0.15) is 0 Å². The highest BCUT2D eigenvalue weighted by Crippen LogP contribution is 2.11. The molecule has 0 spiro atoms. The van der Waals surface area contributed by atoms with E-state index in [1.807, 2.05) is 69.3 Å². The summed E-state index contributed by atoms with van der Waals surface area (Å²) >= 11 is 0. The van der Waals surface area contributed by atoms with Gasteiger partial charge in [-0.15, -0.1) is 0 Å². The van der Waals surface area contributed by atoms with Crippen LogP contribution in [-0.2, 0) is 16.0 Å². The highest BCUT2D eigenvalue weighted by atomic mass is 16.2. The standard InChI is InChI=1S/C20H25N3O2/c1-14(2)22-19(24)12-16-7-9-17(10-8-16)21-13-20(25)23-18-6-4-5-15(3)11-18/h4-11,14,21H,12-13H2,1-3H3,(H,22,24)(H,23,25). The third-order valence-corrected chi connectivity index (χ3v) is 3.52. The van der Waals surface area contributed by atoms with Gasteiger partial charge in [0.05, 0.1) is 13.0 Å². The van der Waals surface area contributed by atoms with Crippen LogP contribution in [0, 0.1) is 6.92 Å². The van der Waals surface area contributed by atoms with Gasteiger partial charge >= 0.3 is 0 Å². The van der Waals surface area contributed by atoms with Crippen LogP contribution >= 0.6 is 0 Å². The number of carbonyl (C=O) groups excluding carboxylic acids is 2. The molecule has 5 nitrogen and oxygen atoms in total. The van der Waals surface area contributed by atoms with Crippen LogP contribution < -0.4 is 16.0 Å². The first-order chi connectivity index (χ1) is 11.9. The minimum absolute atomic E-state index is 0.00763. The summed E-state index contributed by atoms with van der Waals surface area (Å²) < 4.78 is 0. The fourth-order valence-electron chi connectivity index (χ4n) is 2.41. The van der Waals surface area contributed by atoms with E-state index >= 15 is 0 Å². The van der Waals surface area contributed by atoms with Gasteiger partial charge in [-0.1, -0.05) is 24.3 Å². The molecule has 0 heterocycles. The molecular weight excluding hydrogens is 314 g/mol. The highest BCUT2D eigenvalue weighted by molar-refractivity contribution is 5.93. The third-order valence-electron chi connectivity index (χ3n) is 3.52. The lowest BCUT2D eigenvalue weighted by atomic mass is 10.1. The molecule has 2 amide bonds. The quantitative estimate of drug-likeness (QED) is 0.726. The molecule has 2 aromatic rings. The molecule has 0 unspecified atom stereocenters. The maximum atomic E-state index is 12.0. The number of benzene rings is 2. The Hall–Kier alpha value is -2.82. The zero-order valence-electron chi connectivity index (χ0n) is 14.9. The summed E-state index contributed by atoms with van der Waals surface area (Å²) in [5.41, 5.74) is 3.67. The lowest BCUT2D eigenvalue weighted by Gasteiger charge is -2.10. The summed E-state index contributed by atoms with van der Waals surface area (Å²) in [6.45, 7) is 6.04. The van der Waals surface area contributed by atoms with E-state index in [0.29, 0.717) is 6.42 Å². The van der Waals surface area contributed by atoms with Crippen LogP contribution in [0.4, 0.5) is 11.4 Å². The maximum absolute atomic E-state index is 12.0. The van der Waals surface area contributed by atoms with Gasteiger partial charge in [0.25, 0.3) is 0 Å². The molecule has 0 saturated heterocycles. The first-order valence-corrected chi connectivity index (χ1v) is 8.41. The van der Waals surface area contributed by atoms with Gasteiger partial charge < -0.3 is 16.0 Å². The third kappa shape index (κ3) is 6.67. The van der Waals surface area contributed by atoms with Crippen LogP contribution in [0.3, 0.4) is 0 Å². The van der Waals surface area contributed by atoms with E-state index in [-0.39, 0.29) is 24.4 Å². The van der Waals surface area contributed by atoms with Gasteiger partial charge in [0.15, 0.2) is 0 Å². The predicted molar refractivity (Wildman–Crippen MR) is 102 cm³/mol. The van der Waals surface area contributed by atoms with Crippen molar-refractivity contribution in [1.82, 2.24) is 5.32 Å². The first kappa shape index (κ1) is 18.5. The van der Waals surface area contributed by atoms with Gasteiger partial charge in [-0.2, -0.15) is 0 Å². The fourth-order valence-corrected chi connectivity index (χ4v) is 2.41. The molecule has 2 rings (SSSR count). The second-order valence-electron chi connectivity index (χ2n) is 6.37. The molecule has 2 aromatic carbocycles. The van der Waals surface area contributed by atoms with Crippen LogP contribution in [0.2, 0.25) is 0 Å². The number of aryl methyl sites for hydroxylation is 1. The molecule has 0 aliphatic rings. The Morgan fingerprint density at radius 1 is 0.960 bits per heavy atom. The van der Waals surface area contributed by atoms with Crippen molar-refractivity contribution in [2.24, 2.45) is 0 Å². The molecule has 0 bridgehead atoms. The molecule has 0 aliphatic heterocycles. The molecule has 5 heteroatoms. The summed E-state index contributed by atoms with van der Waals surface area (Å²) in [6.07, 6.45) is 0.353. The number of hydrogen-bond donors (Lipinski definition) is 3. The Morgan fingerprint density at radius 2 is 1.68 bits per heavy atom. The zero-order chi connectivity index (χ0) is 18.2. The van der Waals surface area contributed by atoms with Crippen LogP contribution in [-0.4, -0.2) is 24.4 Å². The largest absolute Gasteiger partial charge is 0.376 e. The molecule has 0 saturated carbocycles. The van der Waals surface area contributed by atoms with Gasteiger partial charge in [0.2, 0.25) is 11.8 Å². The summed E-state index contributed by atoms with van der Waals surface area (Å²) in [5.74, 6) is -0.0979. The van der Waals surface area contributed by atoms with E-state index in [2.05, 4.69) is 16.0 Å². The smallest absolute Gasteiger partial charge is 0.243 e. The second kappa shape index (κ2) is 8.87. The molecule has 0 fully saturated rings. The van der Waals surface area contributed by atoms with Crippen molar-refractivity contribution in [3.63, 3.8) is 0 Å². The SMILES string of the molecule is Cc1cccc(NC(=O)CNc2ccc(CC(=O)NC(C)C)cc2)c1. The second-order valence-corrected chi connectivity index (χ2v) is 6.37. The van der Waals surface area contributed by atoms with Crippen LogP contribution in [0.1, 0.15) is 25.0 Å². The Morgan fingerprint density at radius 3 is 2.32 bits per heavy atom. The Labute approximate surface area is 148 Å². The van der Waals surface area contributed by atoms with Crippen molar-refractivity contribution in [2.75, 3.05) is 17.2 Å². The van der Waals surface area contributed by atoms with Crippen LogP contribution in [0.25, 0.3) is 0 Å². The minimum Gasteiger partial charge on any atom is -0.376 e. The van der Waals surface area contributed by atoms with Gasteiger partial charge in [-0.3, -0.25) is 9.59 Å². The number of rotatable bonds is 7. The lowest BCUT2D eigenvalue weighted by molar-refractivity contribution is -0.121. The molecule has 132 valence electrons. The summed E-state index contributed by atoms with van der Waals surface area (Å²) in [5, 5.41) is 8.80. The molecule has 0 aliphatic carbocycles. The Kier molecular flexibility index (Phi) is 6.57. The predicted octanol–water partition coefficient (Wildman–Crippen LogP) is 3.11. The number of carbonyl (C=O) groups is 2. The van der Waals surface area contributed by atoms with Crippen molar-refractivity contribution in [3.05, 3.63) is 59.7 Å². The molecule has 0 aromatic heterocycles. The maximum Gasteiger partial charge on any atom is 0.243 e. The van der Waals surface area contributed by atoms with Crippen molar-refractivity contribution in [1.29, 1.82) is 0 Å². The zero-order valence-corrected chi connectivity index (χ0v) is 14.9.